The minimum absolute atomic E-state index is 0.246. The predicted molar refractivity (Wildman–Crippen MR) is 66.3 cm³/mol. The fourth-order valence-electron chi connectivity index (χ4n) is 1.95. The second-order valence-electron chi connectivity index (χ2n) is 4.19. The van der Waals surface area contributed by atoms with Crippen molar-refractivity contribution in [1.29, 1.82) is 0 Å². The largest absolute Gasteiger partial charge is 0.508 e. The number of aromatic carboxylic acids is 1. The molecule has 7 heteroatoms. The molecule has 2 N–H and O–H groups in total. The lowest BCUT2D eigenvalue weighted by atomic mass is 10.2. The molecule has 0 saturated carbocycles. The Kier molecular flexibility index (Phi) is 3.37. The van der Waals surface area contributed by atoms with Crippen LogP contribution in [0.5, 0.6) is 5.75 Å². The molecule has 0 bridgehead atoms. The summed E-state index contributed by atoms with van der Waals surface area (Å²) >= 11 is 0. The molecule has 100 valence electrons. The molecule has 2 aromatic rings. The topological polar surface area (TPSA) is 97.3 Å². The van der Waals surface area contributed by atoms with Gasteiger partial charge in [-0.3, -0.25) is 14.0 Å². The van der Waals surface area contributed by atoms with Crippen molar-refractivity contribution in [2.75, 3.05) is 0 Å². The maximum absolute atomic E-state index is 11.8. The fraction of sp³-hybridized carbons (Fsp3) is 0.250. The summed E-state index contributed by atoms with van der Waals surface area (Å²) in [6.45, 7) is 2.07. The third kappa shape index (κ3) is 2.65. The van der Waals surface area contributed by atoms with E-state index in [2.05, 4.69) is 5.10 Å². The van der Waals surface area contributed by atoms with Gasteiger partial charge in [0.1, 0.15) is 11.4 Å². The average molecular weight is 263 g/mol. The molecule has 0 fully saturated rings. The van der Waals surface area contributed by atoms with Gasteiger partial charge in [0.05, 0.1) is 12.6 Å². The zero-order valence-electron chi connectivity index (χ0n) is 10.2. The fourth-order valence-corrected chi connectivity index (χ4v) is 1.95. The van der Waals surface area contributed by atoms with Crippen LogP contribution in [0, 0.1) is 0 Å². The van der Waals surface area contributed by atoms with Crippen LogP contribution in [0.3, 0.4) is 0 Å². The van der Waals surface area contributed by atoms with Crippen molar-refractivity contribution in [2.45, 2.75) is 19.5 Å². The van der Waals surface area contributed by atoms with Crippen molar-refractivity contribution < 1.29 is 15.0 Å². The van der Waals surface area contributed by atoms with E-state index < -0.39 is 17.6 Å². The number of pyridine rings is 1. The summed E-state index contributed by atoms with van der Waals surface area (Å²) in [7, 11) is 0. The van der Waals surface area contributed by atoms with Crippen LogP contribution in [0.4, 0.5) is 0 Å². The number of rotatable bonds is 4. The molecule has 2 aromatic heterocycles. The summed E-state index contributed by atoms with van der Waals surface area (Å²) < 4.78 is 2.74. The van der Waals surface area contributed by atoms with Gasteiger partial charge in [0.2, 0.25) is 0 Å². The zero-order valence-corrected chi connectivity index (χ0v) is 10.2. The van der Waals surface area contributed by atoms with Crippen LogP contribution in [0.15, 0.2) is 35.4 Å². The molecule has 0 saturated heterocycles. The number of aromatic hydroxyl groups is 1. The predicted octanol–water partition coefficient (Wildman–Crippen LogP) is 0.710. The molecule has 0 radical (unpaired) electrons. The summed E-state index contributed by atoms with van der Waals surface area (Å²) in [6, 6.07) is 3.39. The van der Waals surface area contributed by atoms with Gasteiger partial charge in [-0.2, -0.15) is 5.10 Å². The van der Waals surface area contributed by atoms with Gasteiger partial charge in [-0.05, 0) is 13.0 Å². The number of carboxylic acids is 1. The first kappa shape index (κ1) is 12.9. The van der Waals surface area contributed by atoms with Crippen LogP contribution < -0.4 is 5.56 Å². The van der Waals surface area contributed by atoms with E-state index in [4.69, 9.17) is 5.11 Å². The zero-order chi connectivity index (χ0) is 14.0. The molecule has 0 aliphatic rings. The minimum Gasteiger partial charge on any atom is -0.508 e. The van der Waals surface area contributed by atoms with E-state index in [0.717, 1.165) is 16.7 Å². The van der Waals surface area contributed by atoms with E-state index in [0.29, 0.717) is 6.54 Å². The van der Waals surface area contributed by atoms with Gasteiger partial charge in [-0.15, -0.1) is 0 Å². The summed E-state index contributed by atoms with van der Waals surface area (Å²) in [6.07, 6.45) is 3.33. The highest BCUT2D eigenvalue weighted by Crippen LogP contribution is 2.14. The van der Waals surface area contributed by atoms with E-state index >= 15 is 0 Å². The van der Waals surface area contributed by atoms with Crippen molar-refractivity contribution in [3.63, 3.8) is 0 Å². The van der Waals surface area contributed by atoms with E-state index in [1.807, 2.05) is 0 Å². The van der Waals surface area contributed by atoms with Gasteiger partial charge in [0.25, 0.3) is 5.56 Å². The third-order valence-corrected chi connectivity index (χ3v) is 2.72. The third-order valence-electron chi connectivity index (χ3n) is 2.72. The number of nitrogens with zero attached hydrogens (tertiary/aromatic N) is 3. The number of hydrogen-bond donors (Lipinski definition) is 2. The Labute approximate surface area is 108 Å². The van der Waals surface area contributed by atoms with Crippen molar-refractivity contribution in [2.24, 2.45) is 0 Å². The normalized spacial score (nSPS) is 12.3. The first-order valence-corrected chi connectivity index (χ1v) is 5.65. The molecule has 1 atom stereocenters. The molecule has 0 spiro atoms. The van der Waals surface area contributed by atoms with Gasteiger partial charge >= 0.3 is 5.97 Å². The van der Waals surface area contributed by atoms with Gasteiger partial charge in [0.15, 0.2) is 0 Å². The summed E-state index contributed by atoms with van der Waals surface area (Å²) in [5.74, 6) is -1.62. The highest BCUT2D eigenvalue weighted by Gasteiger charge is 2.18. The summed E-state index contributed by atoms with van der Waals surface area (Å²) in [5, 5.41) is 22.4. The van der Waals surface area contributed by atoms with Gasteiger partial charge in [0, 0.05) is 24.5 Å². The second-order valence-corrected chi connectivity index (χ2v) is 4.19. The standard InChI is InChI=1S/C12H13N3O4/c1-8(7-14-4-2-3-13-14)15-10(12(18)19)5-9(16)6-11(15)17/h2-6,8,16H,7H2,1H3,(H,18,19). The lowest BCUT2D eigenvalue weighted by molar-refractivity contribution is 0.0679. The molecular formula is C12H13N3O4. The van der Waals surface area contributed by atoms with Crippen LogP contribution in [0.1, 0.15) is 23.5 Å². The molecule has 0 aliphatic carbocycles. The van der Waals surface area contributed by atoms with E-state index in [1.165, 1.54) is 0 Å². The molecule has 2 rings (SSSR count). The summed E-state index contributed by atoms with van der Waals surface area (Å²) in [5.41, 5.74) is -0.804. The first-order valence-electron chi connectivity index (χ1n) is 5.65. The highest BCUT2D eigenvalue weighted by atomic mass is 16.4. The average Bonchev–Trinajstić information content (AvgIpc) is 2.80. The molecule has 0 amide bonds. The lowest BCUT2D eigenvalue weighted by Gasteiger charge is -2.18. The van der Waals surface area contributed by atoms with E-state index in [-0.39, 0.29) is 11.4 Å². The van der Waals surface area contributed by atoms with Crippen molar-refractivity contribution >= 4 is 5.97 Å². The molecular weight excluding hydrogens is 250 g/mol. The Morgan fingerprint density at radius 2 is 2.21 bits per heavy atom. The molecule has 1 unspecified atom stereocenters. The Morgan fingerprint density at radius 1 is 1.47 bits per heavy atom. The van der Waals surface area contributed by atoms with Gasteiger partial charge < -0.3 is 10.2 Å². The van der Waals surface area contributed by atoms with Gasteiger partial charge in [-0.1, -0.05) is 0 Å². The van der Waals surface area contributed by atoms with Crippen LogP contribution in [-0.4, -0.2) is 30.5 Å². The van der Waals surface area contributed by atoms with Crippen LogP contribution in [-0.2, 0) is 6.54 Å². The molecule has 19 heavy (non-hydrogen) atoms. The van der Waals surface area contributed by atoms with E-state index in [9.17, 15) is 14.7 Å². The van der Waals surface area contributed by atoms with Crippen LogP contribution in [0.2, 0.25) is 0 Å². The van der Waals surface area contributed by atoms with Gasteiger partial charge in [-0.25, -0.2) is 4.79 Å². The maximum atomic E-state index is 11.8. The first-order chi connectivity index (χ1) is 8.99. The van der Waals surface area contributed by atoms with E-state index in [1.54, 1.807) is 30.1 Å². The molecule has 0 aliphatic heterocycles. The Morgan fingerprint density at radius 3 is 2.79 bits per heavy atom. The number of aromatic nitrogens is 3. The number of hydrogen-bond acceptors (Lipinski definition) is 4. The smallest absolute Gasteiger partial charge is 0.352 e. The van der Waals surface area contributed by atoms with Crippen LogP contribution >= 0.6 is 0 Å². The second kappa shape index (κ2) is 4.97. The Balaban J connectivity index is 2.43. The van der Waals surface area contributed by atoms with Crippen molar-refractivity contribution in [3.8, 4) is 5.75 Å². The number of carboxylic acid groups (broad SMARTS) is 1. The lowest BCUT2D eigenvalue weighted by Crippen LogP contribution is -2.30. The minimum atomic E-state index is -1.26. The molecule has 2 heterocycles. The van der Waals surface area contributed by atoms with Crippen molar-refractivity contribution in [1.82, 2.24) is 14.3 Å². The number of carbonyl (C=O) groups is 1. The molecule has 0 aromatic carbocycles. The maximum Gasteiger partial charge on any atom is 0.352 e. The highest BCUT2D eigenvalue weighted by molar-refractivity contribution is 5.86. The summed E-state index contributed by atoms with van der Waals surface area (Å²) in [4.78, 5) is 23.0. The van der Waals surface area contributed by atoms with Crippen molar-refractivity contribution in [3.05, 3.63) is 46.6 Å². The monoisotopic (exact) mass is 263 g/mol. The SMILES string of the molecule is CC(Cn1cccn1)n1c(C(=O)O)cc(O)cc1=O. The molecule has 7 nitrogen and oxygen atoms in total. The quantitative estimate of drug-likeness (QED) is 0.846. The Bertz CT molecular complexity index is 645. The Hall–Kier alpha value is -2.57. The van der Waals surface area contributed by atoms with Crippen LogP contribution in [0.25, 0.3) is 0 Å².